The maximum Gasteiger partial charge on any atom is 0.325 e. The molecule has 7 aliphatic rings. The van der Waals surface area contributed by atoms with E-state index in [4.69, 9.17) is 0 Å². The van der Waals surface area contributed by atoms with Crippen molar-refractivity contribution in [3.63, 3.8) is 0 Å². The second-order valence-electron chi connectivity index (χ2n) is 12.3. The first kappa shape index (κ1) is 19.2. The molecular formula is C26H32N3O4+. The van der Waals surface area contributed by atoms with Gasteiger partial charge < -0.3 is 19.6 Å². The number of aromatic hydroxyl groups is 1. The van der Waals surface area contributed by atoms with Gasteiger partial charge in [-0.1, -0.05) is 6.07 Å². The topological polar surface area (TPSA) is 89.9 Å². The van der Waals surface area contributed by atoms with Crippen LogP contribution in [-0.2, 0) is 16.6 Å². The van der Waals surface area contributed by atoms with Crippen molar-refractivity contribution in [3.8, 4) is 5.75 Å². The number of carbonyl (C=O) groups is 2. The Bertz CT molecular complexity index is 1170. The number of piperidine rings is 2. The van der Waals surface area contributed by atoms with Crippen LogP contribution in [0.5, 0.6) is 5.75 Å². The molecule has 3 saturated heterocycles. The van der Waals surface area contributed by atoms with Crippen molar-refractivity contribution in [2.75, 3.05) is 26.2 Å². The molecule has 0 radical (unpaired) electrons. The number of likely N-dealkylation sites (N-methyl/N-ethyl adjacent to an activating group) is 1. The van der Waals surface area contributed by atoms with Gasteiger partial charge in [0.25, 0.3) is 5.91 Å². The Morgan fingerprint density at radius 2 is 2.03 bits per heavy atom. The van der Waals surface area contributed by atoms with Crippen LogP contribution in [0.2, 0.25) is 0 Å². The Kier molecular flexibility index (Phi) is 3.06. The summed E-state index contributed by atoms with van der Waals surface area (Å²) in [6.45, 7) is 5.71. The van der Waals surface area contributed by atoms with Crippen LogP contribution in [0.25, 0.3) is 0 Å². The van der Waals surface area contributed by atoms with Gasteiger partial charge in [0.2, 0.25) is 0 Å². The largest absolute Gasteiger partial charge is 0.508 e. The first-order valence-corrected chi connectivity index (χ1v) is 12.8. The lowest BCUT2D eigenvalue weighted by Gasteiger charge is -2.58. The van der Waals surface area contributed by atoms with Crippen LogP contribution in [-0.4, -0.2) is 74.4 Å². The van der Waals surface area contributed by atoms with E-state index in [1.807, 2.05) is 19.1 Å². The van der Waals surface area contributed by atoms with E-state index < -0.39 is 16.6 Å². The molecule has 7 nitrogen and oxygen atoms in total. The standard InChI is InChI=1S/C26H31N3O4/c1-2-28-22(32)27-21(31)23(28)7-8-26(33)24(13-23)18-10-17(30)6-5-16(18)9-19-20(24)12-29(11-15-3-4-15)14-25(19,26)29/h5-6,10,15,19-20,33H,2-4,7-9,11-14H2,1H3,(H-,27,30,31,32)/p+1/t19?,20?,23-,24+,25?,26-,29?/m0/s1. The van der Waals surface area contributed by atoms with Gasteiger partial charge in [-0.3, -0.25) is 10.1 Å². The first-order chi connectivity index (χ1) is 15.8. The Balaban J connectivity index is 1.36. The molecule has 174 valence electrons. The van der Waals surface area contributed by atoms with Gasteiger partial charge in [-0.2, -0.15) is 0 Å². The molecule has 3 amide bonds. The molecule has 3 aliphatic heterocycles. The third-order valence-corrected chi connectivity index (χ3v) is 11.5. The minimum Gasteiger partial charge on any atom is -0.508 e. The van der Waals surface area contributed by atoms with Crippen LogP contribution >= 0.6 is 0 Å². The van der Waals surface area contributed by atoms with Gasteiger partial charge in [0, 0.05) is 29.7 Å². The fourth-order valence-electron chi connectivity index (χ4n) is 10.4. The van der Waals surface area contributed by atoms with E-state index >= 15 is 0 Å². The Morgan fingerprint density at radius 1 is 1.21 bits per heavy atom. The highest BCUT2D eigenvalue weighted by Crippen LogP contribution is 2.82. The highest BCUT2D eigenvalue weighted by atomic mass is 16.3. The van der Waals surface area contributed by atoms with E-state index in [2.05, 4.69) is 5.32 Å². The molecule has 7 atom stereocenters. The summed E-state index contributed by atoms with van der Waals surface area (Å²) in [5, 5.41) is 26.0. The number of nitrogens with zero attached hydrogens (tertiary/aromatic N) is 2. The zero-order chi connectivity index (χ0) is 22.6. The number of urea groups is 1. The lowest BCUT2D eigenvalue weighted by atomic mass is 9.50. The monoisotopic (exact) mass is 450 g/mol. The predicted molar refractivity (Wildman–Crippen MR) is 118 cm³/mol. The molecule has 0 aromatic heterocycles. The van der Waals surface area contributed by atoms with Crippen molar-refractivity contribution in [2.24, 2.45) is 17.8 Å². The van der Waals surface area contributed by atoms with Crippen molar-refractivity contribution in [1.82, 2.24) is 10.2 Å². The first-order valence-electron chi connectivity index (χ1n) is 12.8. The van der Waals surface area contributed by atoms with Crippen LogP contribution in [0, 0.1) is 17.8 Å². The number of amides is 3. The van der Waals surface area contributed by atoms with Crippen molar-refractivity contribution < 1.29 is 24.3 Å². The molecule has 6 fully saturated rings. The normalized spacial score (nSPS) is 50.3. The molecule has 1 aromatic rings. The molecule has 7 heteroatoms. The summed E-state index contributed by atoms with van der Waals surface area (Å²) >= 11 is 0. The maximum absolute atomic E-state index is 13.4. The third kappa shape index (κ3) is 1.73. The van der Waals surface area contributed by atoms with Gasteiger partial charge in [0.1, 0.15) is 23.4 Å². The van der Waals surface area contributed by atoms with E-state index in [1.54, 1.807) is 11.0 Å². The fourth-order valence-corrected chi connectivity index (χ4v) is 10.4. The summed E-state index contributed by atoms with van der Waals surface area (Å²) in [5.74, 6) is 1.51. The van der Waals surface area contributed by atoms with E-state index in [0.717, 1.165) is 35.5 Å². The highest BCUT2D eigenvalue weighted by molar-refractivity contribution is 6.07. The Hall–Kier alpha value is -2.12. The number of quaternary nitrogens is 1. The van der Waals surface area contributed by atoms with Crippen molar-refractivity contribution in [1.29, 1.82) is 0 Å². The summed E-state index contributed by atoms with van der Waals surface area (Å²) in [6.07, 6.45) is 5.10. The third-order valence-electron chi connectivity index (χ3n) is 11.5. The molecule has 3 saturated carbocycles. The fraction of sp³-hybridized carbons (Fsp3) is 0.692. The van der Waals surface area contributed by atoms with Crippen LogP contribution in [0.4, 0.5) is 4.79 Å². The number of benzene rings is 1. The SMILES string of the molecule is CCN1C(=O)NC(=O)[C@@]12CC[C@@]1(O)C34C[N+]3(CC3CC3)CC3C4Cc4ccc(O)cc4[C@]31C2. The lowest BCUT2D eigenvalue weighted by Crippen LogP contribution is -2.71. The van der Waals surface area contributed by atoms with Crippen molar-refractivity contribution in [3.05, 3.63) is 29.3 Å². The summed E-state index contributed by atoms with van der Waals surface area (Å²) in [4.78, 5) is 27.8. The number of nitrogens with one attached hydrogen (secondary N) is 1. The number of phenols is 1. The molecular weight excluding hydrogens is 418 g/mol. The molecule has 3 N–H and O–H groups in total. The van der Waals surface area contributed by atoms with Gasteiger partial charge in [0.15, 0.2) is 5.54 Å². The molecule has 1 aromatic carbocycles. The lowest BCUT2D eigenvalue weighted by molar-refractivity contribution is -0.836. The number of aliphatic hydroxyl groups is 1. The zero-order valence-corrected chi connectivity index (χ0v) is 19.1. The predicted octanol–water partition coefficient (Wildman–Crippen LogP) is 1.65. The quantitative estimate of drug-likeness (QED) is 0.371. The Labute approximate surface area is 193 Å². The van der Waals surface area contributed by atoms with Crippen molar-refractivity contribution in [2.45, 2.75) is 67.5 Å². The zero-order valence-electron chi connectivity index (χ0n) is 19.1. The summed E-state index contributed by atoms with van der Waals surface area (Å²) in [6, 6.07) is 5.37. The van der Waals surface area contributed by atoms with E-state index in [-0.39, 0.29) is 29.1 Å². The van der Waals surface area contributed by atoms with Gasteiger partial charge >= 0.3 is 6.03 Å². The van der Waals surface area contributed by atoms with Gasteiger partial charge in [-0.05, 0) is 68.7 Å². The average Bonchev–Trinajstić information content (AvgIpc) is 3.67. The highest BCUT2D eigenvalue weighted by Gasteiger charge is 2.98. The molecule has 4 aliphatic carbocycles. The molecule has 3 heterocycles. The van der Waals surface area contributed by atoms with Crippen LogP contribution in [0.1, 0.15) is 50.2 Å². The van der Waals surface area contributed by atoms with E-state index in [1.165, 1.54) is 24.9 Å². The number of carbonyl (C=O) groups excluding carboxylic acids is 2. The second-order valence-corrected chi connectivity index (χ2v) is 12.3. The van der Waals surface area contributed by atoms with Gasteiger partial charge in [-0.25, -0.2) is 4.79 Å². The smallest absolute Gasteiger partial charge is 0.325 e. The summed E-state index contributed by atoms with van der Waals surface area (Å²) < 4.78 is 1.07. The number of hydrogen-bond donors (Lipinski definition) is 3. The minimum absolute atomic E-state index is 0.132. The average molecular weight is 451 g/mol. The number of phenolic OH excluding ortho intramolecular Hbond substituents is 1. The number of imide groups is 1. The maximum atomic E-state index is 13.4. The van der Waals surface area contributed by atoms with Gasteiger partial charge in [-0.15, -0.1) is 0 Å². The van der Waals surface area contributed by atoms with Crippen LogP contribution in [0.15, 0.2) is 18.2 Å². The number of fused-ring (bicyclic) bond motifs is 1. The van der Waals surface area contributed by atoms with E-state index in [0.29, 0.717) is 31.7 Å². The molecule has 33 heavy (non-hydrogen) atoms. The Morgan fingerprint density at radius 3 is 2.79 bits per heavy atom. The molecule has 4 unspecified atom stereocenters. The second kappa shape index (κ2) is 5.25. The number of rotatable bonds is 3. The molecule has 4 bridgehead atoms. The summed E-state index contributed by atoms with van der Waals surface area (Å²) in [5.41, 5.74) is -0.288. The minimum atomic E-state index is -0.912. The van der Waals surface area contributed by atoms with E-state index in [9.17, 15) is 19.8 Å². The van der Waals surface area contributed by atoms with Crippen LogP contribution in [0.3, 0.4) is 0 Å². The number of hydrogen-bond acceptors (Lipinski definition) is 4. The van der Waals surface area contributed by atoms with Gasteiger partial charge in [0.05, 0.1) is 13.1 Å². The molecule has 3 spiro atoms. The van der Waals surface area contributed by atoms with Crippen molar-refractivity contribution >= 4 is 11.9 Å². The van der Waals surface area contributed by atoms with Crippen LogP contribution < -0.4 is 5.32 Å². The molecule has 8 rings (SSSR count). The summed E-state index contributed by atoms with van der Waals surface area (Å²) in [7, 11) is 0.